The van der Waals surface area contributed by atoms with E-state index in [-0.39, 0.29) is 23.1 Å². The first-order chi connectivity index (χ1) is 17.7. The predicted octanol–water partition coefficient (Wildman–Crippen LogP) is 8.38. The van der Waals surface area contributed by atoms with Crippen molar-refractivity contribution in [3.05, 3.63) is 47.5 Å². The SMILES string of the molecule is CC(C)CCC[C@@H](C)[C@H]1CC[C@H]2C3=CC[C@H]4C[C@@H](OC(=O)c5ccccc5)CC[C@]4(C)[C@]34O[C@@H]4C[C@]12C. The number of benzene rings is 1. The zero-order chi connectivity index (χ0) is 26.0. The molecule has 0 amide bonds. The van der Waals surface area contributed by atoms with E-state index >= 15 is 0 Å². The maximum atomic E-state index is 12.7. The molecule has 1 heterocycles. The highest BCUT2D eigenvalue weighted by molar-refractivity contribution is 5.89. The fourth-order valence-corrected chi connectivity index (χ4v) is 9.84. The third-order valence-electron chi connectivity index (χ3n) is 11.9. The fourth-order valence-electron chi connectivity index (χ4n) is 9.84. The van der Waals surface area contributed by atoms with Crippen molar-refractivity contribution in [1.29, 1.82) is 0 Å². The van der Waals surface area contributed by atoms with Gasteiger partial charge < -0.3 is 9.47 Å². The largest absolute Gasteiger partial charge is 0.459 e. The lowest BCUT2D eigenvalue weighted by Crippen LogP contribution is -2.56. The Bertz CT molecular complexity index is 1040. The van der Waals surface area contributed by atoms with Crippen LogP contribution in [-0.2, 0) is 9.47 Å². The van der Waals surface area contributed by atoms with Crippen molar-refractivity contribution in [2.45, 2.75) is 117 Å². The van der Waals surface area contributed by atoms with E-state index in [1.54, 1.807) is 5.57 Å². The van der Waals surface area contributed by atoms with Crippen molar-refractivity contribution in [1.82, 2.24) is 0 Å². The molecule has 1 aliphatic heterocycles. The quantitative estimate of drug-likeness (QED) is 0.213. The molecule has 0 bridgehead atoms. The maximum absolute atomic E-state index is 12.7. The Hall–Kier alpha value is -1.61. The van der Waals surface area contributed by atoms with Crippen LogP contribution >= 0.6 is 0 Å². The molecule has 37 heavy (non-hydrogen) atoms. The number of hydrogen-bond donors (Lipinski definition) is 0. The molecule has 5 aliphatic rings. The predicted molar refractivity (Wildman–Crippen MR) is 148 cm³/mol. The zero-order valence-electron chi connectivity index (χ0n) is 23.8. The summed E-state index contributed by atoms with van der Waals surface area (Å²) in [6.45, 7) is 12.4. The summed E-state index contributed by atoms with van der Waals surface area (Å²) in [6.07, 6.45) is 15.2. The number of esters is 1. The van der Waals surface area contributed by atoms with E-state index in [2.05, 4.69) is 40.7 Å². The van der Waals surface area contributed by atoms with Gasteiger partial charge in [-0.25, -0.2) is 4.79 Å². The third kappa shape index (κ3) is 3.97. The first-order valence-corrected chi connectivity index (χ1v) is 15.3. The van der Waals surface area contributed by atoms with Gasteiger partial charge in [0.1, 0.15) is 11.7 Å². The fraction of sp³-hybridized carbons (Fsp3) is 0.735. The van der Waals surface area contributed by atoms with Crippen LogP contribution in [0.2, 0.25) is 0 Å². The summed E-state index contributed by atoms with van der Waals surface area (Å²) in [7, 11) is 0. The molecule has 3 saturated carbocycles. The van der Waals surface area contributed by atoms with Crippen LogP contribution in [0, 0.1) is 40.4 Å². The molecule has 3 nitrogen and oxygen atoms in total. The lowest BCUT2D eigenvalue weighted by molar-refractivity contribution is -0.0495. The van der Waals surface area contributed by atoms with Crippen molar-refractivity contribution in [3.8, 4) is 0 Å². The van der Waals surface area contributed by atoms with Crippen LogP contribution in [0.1, 0.15) is 109 Å². The summed E-state index contributed by atoms with van der Waals surface area (Å²) >= 11 is 0. The Labute approximate surface area is 224 Å². The third-order valence-corrected chi connectivity index (χ3v) is 11.9. The van der Waals surface area contributed by atoms with Crippen LogP contribution < -0.4 is 0 Å². The summed E-state index contributed by atoms with van der Waals surface area (Å²) < 4.78 is 12.9. The molecule has 6 rings (SSSR count). The molecule has 4 aliphatic carbocycles. The highest BCUT2D eigenvalue weighted by Gasteiger charge is 2.77. The number of rotatable bonds is 7. The zero-order valence-corrected chi connectivity index (χ0v) is 23.8. The number of allylic oxidation sites excluding steroid dienone is 1. The molecule has 1 aromatic carbocycles. The molecule has 1 spiro atoms. The van der Waals surface area contributed by atoms with Crippen molar-refractivity contribution >= 4 is 5.97 Å². The van der Waals surface area contributed by atoms with Crippen molar-refractivity contribution < 1.29 is 14.3 Å². The molecule has 0 N–H and O–H groups in total. The van der Waals surface area contributed by atoms with Gasteiger partial charge in [-0.1, -0.05) is 78.2 Å². The van der Waals surface area contributed by atoms with Crippen molar-refractivity contribution in [3.63, 3.8) is 0 Å². The second kappa shape index (κ2) is 9.25. The van der Waals surface area contributed by atoms with Crippen LogP contribution in [-0.4, -0.2) is 23.8 Å². The molecular formula is C34H48O3. The second-order valence-corrected chi connectivity index (χ2v) is 14.3. The lowest BCUT2D eigenvalue weighted by atomic mass is 9.47. The topological polar surface area (TPSA) is 38.8 Å². The number of carbonyl (C=O) groups is 1. The summed E-state index contributed by atoms with van der Waals surface area (Å²) in [5.74, 6) is 3.49. The molecule has 202 valence electrons. The molecule has 4 fully saturated rings. The number of hydrogen-bond acceptors (Lipinski definition) is 3. The molecule has 1 saturated heterocycles. The van der Waals surface area contributed by atoms with Crippen molar-refractivity contribution in [2.75, 3.05) is 0 Å². The monoisotopic (exact) mass is 504 g/mol. The molecular weight excluding hydrogens is 456 g/mol. The van der Waals surface area contributed by atoms with E-state index in [0.717, 1.165) is 43.4 Å². The first-order valence-electron chi connectivity index (χ1n) is 15.3. The van der Waals surface area contributed by atoms with E-state index in [1.807, 2.05) is 30.3 Å². The molecule has 0 radical (unpaired) electrons. The van der Waals surface area contributed by atoms with Crippen LogP contribution in [0.3, 0.4) is 0 Å². The molecule has 9 atom stereocenters. The van der Waals surface area contributed by atoms with Gasteiger partial charge in [0.2, 0.25) is 0 Å². The van der Waals surface area contributed by atoms with Gasteiger partial charge in [0.05, 0.1) is 11.7 Å². The van der Waals surface area contributed by atoms with Gasteiger partial charge in [-0.3, -0.25) is 0 Å². The molecule has 3 heteroatoms. The number of carbonyl (C=O) groups excluding carboxylic acids is 1. The maximum Gasteiger partial charge on any atom is 0.338 e. The van der Waals surface area contributed by atoms with Gasteiger partial charge in [-0.2, -0.15) is 0 Å². The standard InChI is InChI=1S/C34H48O3/c1-22(2)10-9-11-23(3)27-16-17-28-29-15-14-25-20-26(36-31(35)24-12-7-6-8-13-24)18-19-33(25,5)34(29)30(37-34)21-32(27,28)4/h6-8,12-13,15,22-23,25-28,30H,9-11,14,16-21H2,1-5H3/t23-,25+,26+,27-,28+,30-,32-,33+,34+/m1/s1. The van der Waals surface area contributed by atoms with Gasteiger partial charge >= 0.3 is 5.97 Å². The average molecular weight is 505 g/mol. The molecule has 1 aromatic rings. The van der Waals surface area contributed by atoms with Crippen LogP contribution in [0.15, 0.2) is 42.0 Å². The van der Waals surface area contributed by atoms with Crippen LogP contribution in [0.4, 0.5) is 0 Å². The first kappa shape index (κ1) is 25.7. The Kier molecular flexibility index (Phi) is 6.41. The summed E-state index contributed by atoms with van der Waals surface area (Å²) in [5, 5.41) is 0. The van der Waals surface area contributed by atoms with Gasteiger partial charge in [-0.05, 0) is 97.7 Å². The van der Waals surface area contributed by atoms with E-state index in [0.29, 0.717) is 28.9 Å². The molecule has 0 unspecified atom stereocenters. The van der Waals surface area contributed by atoms with Gasteiger partial charge in [0.15, 0.2) is 0 Å². The van der Waals surface area contributed by atoms with Crippen LogP contribution in [0.5, 0.6) is 0 Å². The van der Waals surface area contributed by atoms with Crippen molar-refractivity contribution in [2.24, 2.45) is 40.4 Å². The highest BCUT2D eigenvalue weighted by atomic mass is 16.6. The summed E-state index contributed by atoms with van der Waals surface area (Å²) in [5.41, 5.74) is 2.86. The van der Waals surface area contributed by atoms with E-state index < -0.39 is 0 Å². The van der Waals surface area contributed by atoms with Crippen LogP contribution in [0.25, 0.3) is 0 Å². The minimum Gasteiger partial charge on any atom is -0.459 e. The lowest BCUT2D eigenvalue weighted by Gasteiger charge is -2.56. The Morgan fingerprint density at radius 3 is 2.62 bits per heavy atom. The number of ether oxygens (including phenoxy) is 2. The smallest absolute Gasteiger partial charge is 0.338 e. The normalized spacial score (nSPS) is 42.6. The Morgan fingerprint density at radius 2 is 1.86 bits per heavy atom. The second-order valence-electron chi connectivity index (χ2n) is 14.3. The van der Waals surface area contributed by atoms with E-state index in [1.165, 1.54) is 38.5 Å². The van der Waals surface area contributed by atoms with Gasteiger partial charge in [-0.15, -0.1) is 0 Å². The molecule has 0 aromatic heterocycles. The number of fused-ring (bicyclic) bond motifs is 3. The minimum atomic E-state index is -0.173. The summed E-state index contributed by atoms with van der Waals surface area (Å²) in [4.78, 5) is 12.7. The average Bonchev–Trinajstić information content (AvgIpc) is 3.49. The Morgan fingerprint density at radius 1 is 1.08 bits per heavy atom. The number of epoxide rings is 1. The van der Waals surface area contributed by atoms with Gasteiger partial charge in [0, 0.05) is 5.41 Å². The minimum absolute atomic E-state index is 0.0192. The van der Waals surface area contributed by atoms with Gasteiger partial charge in [0.25, 0.3) is 0 Å². The van der Waals surface area contributed by atoms with E-state index in [9.17, 15) is 4.79 Å². The highest BCUT2D eigenvalue weighted by Crippen LogP contribution is 2.75. The van der Waals surface area contributed by atoms with E-state index in [4.69, 9.17) is 9.47 Å². The Balaban J connectivity index is 1.17. The summed E-state index contributed by atoms with van der Waals surface area (Å²) in [6, 6.07) is 9.46.